The Morgan fingerprint density at radius 3 is 2.82 bits per heavy atom. The first kappa shape index (κ1) is 16.5. The Hall–Kier alpha value is -3.66. The highest BCUT2D eigenvalue weighted by molar-refractivity contribution is 6.32. The van der Waals surface area contributed by atoms with E-state index in [9.17, 15) is 0 Å². The van der Waals surface area contributed by atoms with Crippen molar-refractivity contribution >= 4 is 28.3 Å². The van der Waals surface area contributed by atoms with Crippen LogP contribution in [0.25, 0.3) is 27.9 Å². The lowest BCUT2D eigenvalue weighted by Crippen LogP contribution is -2.19. The first-order valence-corrected chi connectivity index (χ1v) is 8.70. The first-order chi connectivity index (χ1) is 13.7. The van der Waals surface area contributed by atoms with Gasteiger partial charge in [-0.3, -0.25) is 5.32 Å². The zero-order valence-corrected chi connectivity index (χ0v) is 15.2. The SMILES string of the molecule is CNC1N=CC(COc2nn3c(-c4cc(C)on4)nnc3c3ccccc23)=N1. The van der Waals surface area contributed by atoms with Crippen LogP contribution in [-0.4, -0.2) is 56.8 Å². The number of benzene rings is 1. The third-order valence-corrected chi connectivity index (χ3v) is 4.35. The summed E-state index contributed by atoms with van der Waals surface area (Å²) in [7, 11) is 1.80. The molecule has 4 aromatic rings. The number of hydrogen-bond donors (Lipinski definition) is 1. The highest BCUT2D eigenvalue weighted by atomic mass is 16.5. The van der Waals surface area contributed by atoms with Crippen molar-refractivity contribution in [1.82, 2.24) is 30.3 Å². The number of aryl methyl sites for hydroxylation is 1. The molecule has 1 N–H and O–H groups in total. The van der Waals surface area contributed by atoms with Crippen LogP contribution in [0, 0.1) is 6.92 Å². The quantitative estimate of drug-likeness (QED) is 0.563. The average Bonchev–Trinajstić information content (AvgIpc) is 3.45. The van der Waals surface area contributed by atoms with E-state index in [0.717, 1.165) is 16.5 Å². The average molecular weight is 376 g/mol. The van der Waals surface area contributed by atoms with Gasteiger partial charge < -0.3 is 9.26 Å². The van der Waals surface area contributed by atoms with Crippen molar-refractivity contribution in [3.63, 3.8) is 0 Å². The van der Waals surface area contributed by atoms with Crippen molar-refractivity contribution in [2.24, 2.45) is 9.98 Å². The molecule has 5 rings (SSSR count). The monoisotopic (exact) mass is 376 g/mol. The second-order valence-electron chi connectivity index (χ2n) is 6.28. The lowest BCUT2D eigenvalue weighted by atomic mass is 10.2. The fourth-order valence-electron chi connectivity index (χ4n) is 3.03. The van der Waals surface area contributed by atoms with Gasteiger partial charge in [-0.05, 0) is 20.0 Å². The molecule has 0 amide bonds. The lowest BCUT2D eigenvalue weighted by molar-refractivity contribution is 0.361. The molecule has 1 aromatic carbocycles. The molecule has 1 aliphatic rings. The number of aromatic nitrogens is 5. The summed E-state index contributed by atoms with van der Waals surface area (Å²) < 4.78 is 12.8. The fourth-order valence-corrected chi connectivity index (χ4v) is 3.03. The van der Waals surface area contributed by atoms with Crippen LogP contribution in [0.4, 0.5) is 0 Å². The number of nitrogens with one attached hydrogen (secondary N) is 1. The van der Waals surface area contributed by atoms with Gasteiger partial charge in [0.25, 0.3) is 0 Å². The summed E-state index contributed by atoms with van der Waals surface area (Å²) in [5, 5.41) is 21.9. The summed E-state index contributed by atoms with van der Waals surface area (Å²) in [6, 6.07) is 9.54. The van der Waals surface area contributed by atoms with Gasteiger partial charge in [-0.25, -0.2) is 9.98 Å². The van der Waals surface area contributed by atoms with Crippen LogP contribution in [0.15, 0.2) is 44.8 Å². The lowest BCUT2D eigenvalue weighted by Gasteiger charge is -2.09. The van der Waals surface area contributed by atoms with Gasteiger partial charge in [0, 0.05) is 16.8 Å². The Kier molecular flexibility index (Phi) is 3.83. The van der Waals surface area contributed by atoms with Gasteiger partial charge in [-0.2, -0.15) is 4.52 Å². The Balaban J connectivity index is 1.60. The van der Waals surface area contributed by atoms with E-state index in [1.54, 1.807) is 23.8 Å². The largest absolute Gasteiger partial charge is 0.470 e. The zero-order chi connectivity index (χ0) is 19.1. The van der Waals surface area contributed by atoms with E-state index in [1.807, 2.05) is 31.2 Å². The minimum absolute atomic E-state index is 0.255. The van der Waals surface area contributed by atoms with Crippen LogP contribution in [-0.2, 0) is 0 Å². The number of nitrogens with zero attached hydrogens (tertiary/aromatic N) is 7. The molecule has 3 aromatic heterocycles. The molecular weight excluding hydrogens is 360 g/mol. The van der Waals surface area contributed by atoms with E-state index < -0.39 is 0 Å². The van der Waals surface area contributed by atoms with Crippen LogP contribution in [0.1, 0.15) is 5.76 Å². The smallest absolute Gasteiger partial charge is 0.240 e. The molecule has 0 spiro atoms. The van der Waals surface area contributed by atoms with Crippen molar-refractivity contribution in [1.29, 1.82) is 0 Å². The predicted octanol–water partition coefficient (Wildman–Crippen LogP) is 1.65. The highest BCUT2D eigenvalue weighted by Gasteiger charge is 2.19. The molecule has 1 unspecified atom stereocenters. The Bertz CT molecular complexity index is 1240. The third-order valence-electron chi connectivity index (χ3n) is 4.35. The molecule has 1 atom stereocenters. The van der Waals surface area contributed by atoms with Gasteiger partial charge in [0.1, 0.15) is 12.4 Å². The van der Waals surface area contributed by atoms with Crippen LogP contribution < -0.4 is 10.1 Å². The number of hydrogen-bond acceptors (Lipinski definition) is 9. The normalized spacial score (nSPS) is 16.2. The van der Waals surface area contributed by atoms with Crippen LogP contribution in [0.3, 0.4) is 0 Å². The summed E-state index contributed by atoms with van der Waals surface area (Å²) in [5.41, 5.74) is 1.91. The summed E-state index contributed by atoms with van der Waals surface area (Å²) in [6.07, 6.45) is 1.44. The molecule has 140 valence electrons. The molecule has 4 heterocycles. The molecular formula is C18H16N8O2. The van der Waals surface area contributed by atoms with Gasteiger partial charge >= 0.3 is 0 Å². The molecule has 0 saturated heterocycles. The maximum atomic E-state index is 5.99. The summed E-state index contributed by atoms with van der Waals surface area (Å²) >= 11 is 0. The van der Waals surface area contributed by atoms with E-state index >= 15 is 0 Å². The van der Waals surface area contributed by atoms with Crippen molar-refractivity contribution in [3.8, 4) is 17.4 Å². The number of aliphatic imine (C=N–C) groups is 2. The molecule has 0 saturated carbocycles. The van der Waals surface area contributed by atoms with Crippen LogP contribution >= 0.6 is 0 Å². The highest BCUT2D eigenvalue weighted by Crippen LogP contribution is 2.28. The standard InChI is InChI=1S/C18H16N8O2/c1-10-7-14(25-28-10)16-23-22-15-12-5-3-4-6-13(12)17(24-26(15)16)27-9-11-8-20-18(19-2)21-11/h3-8,18-19H,9H2,1-2H3. The molecule has 0 aliphatic carbocycles. The predicted molar refractivity (Wildman–Crippen MR) is 103 cm³/mol. The fraction of sp³-hybridized carbons (Fsp3) is 0.222. The van der Waals surface area contributed by atoms with Crippen LogP contribution in [0.5, 0.6) is 5.88 Å². The van der Waals surface area contributed by atoms with Gasteiger partial charge in [0.15, 0.2) is 17.6 Å². The molecule has 1 aliphatic heterocycles. The van der Waals surface area contributed by atoms with Crippen LogP contribution in [0.2, 0.25) is 0 Å². The Morgan fingerprint density at radius 2 is 2.07 bits per heavy atom. The maximum absolute atomic E-state index is 5.99. The van der Waals surface area contributed by atoms with Gasteiger partial charge in [0.05, 0.1) is 11.9 Å². The molecule has 28 heavy (non-hydrogen) atoms. The topological polar surface area (TPSA) is 115 Å². The summed E-state index contributed by atoms with van der Waals surface area (Å²) in [4.78, 5) is 8.62. The Labute approximate surface area is 158 Å². The minimum Gasteiger partial charge on any atom is -0.470 e. The van der Waals surface area contributed by atoms with Gasteiger partial charge in [-0.15, -0.1) is 15.3 Å². The Morgan fingerprint density at radius 1 is 1.21 bits per heavy atom. The van der Waals surface area contributed by atoms with E-state index in [4.69, 9.17) is 9.26 Å². The summed E-state index contributed by atoms with van der Waals surface area (Å²) in [6.45, 7) is 2.07. The number of ether oxygens (including phenoxy) is 1. The van der Waals surface area contributed by atoms with Crippen molar-refractivity contribution in [3.05, 3.63) is 36.1 Å². The molecule has 10 heteroatoms. The van der Waals surface area contributed by atoms with Crippen molar-refractivity contribution < 1.29 is 9.26 Å². The zero-order valence-electron chi connectivity index (χ0n) is 15.2. The third kappa shape index (κ3) is 2.70. The van der Waals surface area contributed by atoms with Gasteiger partial charge in [-0.1, -0.05) is 23.4 Å². The van der Waals surface area contributed by atoms with E-state index in [0.29, 0.717) is 28.8 Å². The first-order valence-electron chi connectivity index (χ1n) is 8.70. The van der Waals surface area contributed by atoms with Gasteiger partial charge in [0.2, 0.25) is 11.7 Å². The minimum atomic E-state index is -0.259. The second-order valence-corrected chi connectivity index (χ2v) is 6.28. The molecule has 0 fully saturated rings. The number of fused-ring (bicyclic) bond motifs is 3. The van der Waals surface area contributed by atoms with E-state index in [2.05, 4.69) is 35.8 Å². The molecule has 0 radical (unpaired) electrons. The van der Waals surface area contributed by atoms with Crippen molar-refractivity contribution in [2.45, 2.75) is 13.2 Å². The van der Waals surface area contributed by atoms with E-state index in [1.165, 1.54) is 0 Å². The maximum Gasteiger partial charge on any atom is 0.240 e. The van der Waals surface area contributed by atoms with Crippen molar-refractivity contribution in [2.75, 3.05) is 13.7 Å². The summed E-state index contributed by atoms with van der Waals surface area (Å²) in [5.74, 6) is 1.62. The second kappa shape index (κ2) is 6.50. The molecule has 0 bridgehead atoms. The van der Waals surface area contributed by atoms with E-state index in [-0.39, 0.29) is 12.9 Å². The number of rotatable bonds is 5. The molecule has 10 nitrogen and oxygen atoms in total.